The Hall–Kier alpha value is -3.71. The van der Waals surface area contributed by atoms with Crippen molar-refractivity contribution in [2.45, 2.75) is 12.8 Å². The molecule has 0 bridgehead atoms. The number of benzene rings is 3. The summed E-state index contributed by atoms with van der Waals surface area (Å²) in [5.74, 6) is 1.79. The number of nitrogens with zero attached hydrogens (tertiary/aromatic N) is 3. The standard InChI is InChI=1S/C29H23AsCl2N4O4/c1-38-18-5-3-4-17(12-18)27-20(8-11-25(33)37)26(28-29(30)34-15-35-36(27)28)16-6-10-23(24(13-16)39-2)40-19-7-9-21(31)22(32)14-19/h3-7,9-10,12-15H,8,11H2,1-2H3,(H2,33,37). The van der Waals surface area contributed by atoms with Gasteiger partial charge in [0.05, 0.1) is 0 Å². The van der Waals surface area contributed by atoms with E-state index >= 15 is 0 Å². The summed E-state index contributed by atoms with van der Waals surface area (Å²) in [6, 6.07) is 18.3. The number of primary amides is 1. The zero-order chi connectivity index (χ0) is 28.4. The van der Waals surface area contributed by atoms with Crippen molar-refractivity contribution in [3.05, 3.63) is 82.6 Å². The van der Waals surface area contributed by atoms with Crippen LogP contribution in [-0.2, 0) is 11.2 Å². The average molecular weight is 637 g/mol. The number of ether oxygens (including phenoxy) is 3. The first-order chi connectivity index (χ1) is 19.3. The summed E-state index contributed by atoms with van der Waals surface area (Å²) in [6.07, 6.45) is 2.04. The van der Waals surface area contributed by atoms with Crippen LogP contribution in [0, 0.1) is 0 Å². The summed E-state index contributed by atoms with van der Waals surface area (Å²) in [5.41, 5.74) is 10.6. The molecule has 0 saturated carbocycles. The van der Waals surface area contributed by atoms with Gasteiger partial charge in [-0.05, 0) is 0 Å². The summed E-state index contributed by atoms with van der Waals surface area (Å²) < 4.78 is 19.8. The number of hydrogen-bond acceptors (Lipinski definition) is 6. The molecule has 5 aromatic rings. The summed E-state index contributed by atoms with van der Waals surface area (Å²) in [5, 5.41) is 5.41. The van der Waals surface area contributed by atoms with Gasteiger partial charge in [-0.25, -0.2) is 0 Å². The first kappa shape index (κ1) is 27.8. The quantitative estimate of drug-likeness (QED) is 0.218. The second-order valence-corrected chi connectivity index (χ2v) is 10.5. The molecule has 40 heavy (non-hydrogen) atoms. The van der Waals surface area contributed by atoms with Crippen molar-refractivity contribution in [1.82, 2.24) is 14.6 Å². The molecule has 0 unspecified atom stereocenters. The van der Waals surface area contributed by atoms with Crippen LogP contribution in [0.3, 0.4) is 0 Å². The number of amides is 1. The van der Waals surface area contributed by atoms with Crippen LogP contribution in [-0.4, -0.2) is 51.6 Å². The first-order valence-corrected chi connectivity index (χ1v) is 13.8. The molecule has 2 heterocycles. The third-order valence-electron chi connectivity index (χ3n) is 6.34. The zero-order valence-corrected chi connectivity index (χ0v) is 24.9. The molecule has 2 aromatic heterocycles. The van der Waals surface area contributed by atoms with Gasteiger partial charge in [0.25, 0.3) is 0 Å². The molecule has 8 nitrogen and oxygen atoms in total. The number of methoxy groups -OCH3 is 2. The Morgan fingerprint density at radius 1 is 0.950 bits per heavy atom. The molecule has 0 aliphatic carbocycles. The average Bonchev–Trinajstić information content (AvgIpc) is 3.29. The Morgan fingerprint density at radius 3 is 2.50 bits per heavy atom. The molecule has 0 aliphatic rings. The van der Waals surface area contributed by atoms with Crippen molar-refractivity contribution < 1.29 is 19.0 Å². The van der Waals surface area contributed by atoms with Crippen LogP contribution in [0.4, 0.5) is 0 Å². The van der Waals surface area contributed by atoms with E-state index in [1.807, 2.05) is 47.0 Å². The van der Waals surface area contributed by atoms with Crippen LogP contribution >= 0.6 is 23.2 Å². The molecule has 2 N–H and O–H groups in total. The topological polar surface area (TPSA) is 101 Å². The fourth-order valence-electron chi connectivity index (χ4n) is 4.57. The molecule has 11 heteroatoms. The maximum atomic E-state index is 11.9. The van der Waals surface area contributed by atoms with E-state index in [9.17, 15) is 4.79 Å². The van der Waals surface area contributed by atoms with Crippen LogP contribution in [0.25, 0.3) is 27.9 Å². The SMILES string of the molecule is COc1cccc(-c2c(CCC(N)=O)c(-c3ccc(Oc4ccc(Cl)c(Cl)c4)c(OC)c3)c3c([As])ncnn23)c1. The minimum absolute atomic E-state index is 0.151. The van der Waals surface area contributed by atoms with Crippen molar-refractivity contribution in [3.63, 3.8) is 0 Å². The fourth-order valence-corrected chi connectivity index (χ4v) is 5.40. The summed E-state index contributed by atoms with van der Waals surface area (Å²) in [6.45, 7) is 0. The predicted molar refractivity (Wildman–Crippen MR) is 156 cm³/mol. The molecule has 5 rings (SSSR count). The van der Waals surface area contributed by atoms with Crippen molar-refractivity contribution >= 4 is 56.0 Å². The number of nitrogens with two attached hydrogens (primary N) is 1. The van der Waals surface area contributed by atoms with E-state index in [0.717, 1.165) is 33.5 Å². The molecular weight excluding hydrogens is 614 g/mol. The van der Waals surface area contributed by atoms with Crippen LogP contribution in [0.15, 0.2) is 67.0 Å². The molecule has 0 aliphatic heterocycles. The third-order valence-corrected chi connectivity index (χ3v) is 7.77. The molecule has 1 amide bonds. The van der Waals surface area contributed by atoms with Gasteiger partial charge in [-0.2, -0.15) is 0 Å². The zero-order valence-electron chi connectivity index (χ0n) is 21.5. The van der Waals surface area contributed by atoms with Gasteiger partial charge in [-0.1, -0.05) is 11.6 Å². The van der Waals surface area contributed by atoms with E-state index in [4.69, 9.17) is 43.1 Å². The van der Waals surface area contributed by atoms with Crippen LogP contribution in [0.2, 0.25) is 10.0 Å². The van der Waals surface area contributed by atoms with Gasteiger partial charge < -0.3 is 0 Å². The molecule has 0 saturated heterocycles. The van der Waals surface area contributed by atoms with Gasteiger partial charge in [0.2, 0.25) is 0 Å². The number of halogens is 2. The molecule has 0 fully saturated rings. The predicted octanol–water partition coefficient (Wildman–Crippen LogP) is 5.39. The Kier molecular flexibility index (Phi) is 8.21. The van der Waals surface area contributed by atoms with Crippen molar-refractivity contribution in [2.24, 2.45) is 5.73 Å². The van der Waals surface area contributed by atoms with Crippen LogP contribution < -0.4 is 24.4 Å². The number of carbonyl (C=O) groups excluding carboxylic acids is 1. The minimum atomic E-state index is -0.403. The Morgan fingerprint density at radius 2 is 1.77 bits per heavy atom. The van der Waals surface area contributed by atoms with Crippen molar-refractivity contribution in [2.75, 3.05) is 14.2 Å². The molecular formula is C29H23AsCl2N4O4. The maximum absolute atomic E-state index is 11.9. The van der Waals surface area contributed by atoms with E-state index < -0.39 is 5.91 Å². The Balaban J connectivity index is 1.72. The normalized spacial score (nSPS) is 11.0. The Bertz CT molecular complexity index is 1740. The van der Waals surface area contributed by atoms with E-state index in [2.05, 4.69) is 26.9 Å². The molecule has 202 valence electrons. The van der Waals surface area contributed by atoms with Gasteiger partial charge in [-0.15, -0.1) is 0 Å². The van der Waals surface area contributed by atoms with Crippen molar-refractivity contribution in [1.29, 1.82) is 0 Å². The first-order valence-electron chi connectivity index (χ1n) is 12.1. The number of hydrogen-bond donors (Lipinski definition) is 1. The number of carbonyl (C=O) groups is 1. The van der Waals surface area contributed by atoms with Crippen LogP contribution in [0.1, 0.15) is 12.0 Å². The van der Waals surface area contributed by atoms with E-state index in [-0.39, 0.29) is 6.42 Å². The monoisotopic (exact) mass is 636 g/mol. The van der Waals surface area contributed by atoms with Crippen LogP contribution in [0.5, 0.6) is 23.0 Å². The van der Waals surface area contributed by atoms with Gasteiger partial charge >= 0.3 is 239 Å². The van der Waals surface area contributed by atoms with Gasteiger partial charge in [0.1, 0.15) is 0 Å². The second kappa shape index (κ2) is 11.8. The molecule has 3 aromatic carbocycles. The van der Waals surface area contributed by atoms with E-state index in [0.29, 0.717) is 43.9 Å². The summed E-state index contributed by atoms with van der Waals surface area (Å²) >= 11 is 14.7. The summed E-state index contributed by atoms with van der Waals surface area (Å²) in [7, 11) is 3.19. The summed E-state index contributed by atoms with van der Waals surface area (Å²) in [4.78, 5) is 16.4. The van der Waals surface area contributed by atoms with Gasteiger partial charge in [0, 0.05) is 0 Å². The number of aromatic nitrogens is 3. The van der Waals surface area contributed by atoms with Gasteiger partial charge in [0.15, 0.2) is 0 Å². The number of fused-ring (bicyclic) bond motifs is 1. The number of rotatable bonds is 9. The van der Waals surface area contributed by atoms with Gasteiger partial charge in [-0.3, -0.25) is 0 Å². The van der Waals surface area contributed by atoms with Crippen molar-refractivity contribution in [3.8, 4) is 45.4 Å². The van der Waals surface area contributed by atoms with E-state index in [1.165, 1.54) is 6.33 Å². The second-order valence-electron chi connectivity index (χ2n) is 8.79. The van der Waals surface area contributed by atoms with E-state index in [1.54, 1.807) is 32.4 Å². The fraction of sp³-hybridized carbons (Fsp3) is 0.138. The Labute approximate surface area is 249 Å². The molecule has 2 radical (unpaired) electrons. The third kappa shape index (κ3) is 5.48. The molecule has 0 spiro atoms. The molecule has 0 atom stereocenters.